The van der Waals surface area contributed by atoms with E-state index in [1.54, 1.807) is 4.90 Å². The second-order valence-corrected chi connectivity index (χ2v) is 6.15. The number of hydrogen-bond acceptors (Lipinski definition) is 4. The van der Waals surface area contributed by atoms with Crippen molar-refractivity contribution in [3.05, 3.63) is 0 Å². The van der Waals surface area contributed by atoms with Gasteiger partial charge in [0, 0.05) is 0 Å². The van der Waals surface area contributed by atoms with Crippen LogP contribution in [0.25, 0.3) is 0 Å². The smallest absolute Gasteiger partial charge is 0.410 e. The van der Waals surface area contributed by atoms with E-state index < -0.39 is 11.7 Å². The van der Waals surface area contributed by atoms with E-state index in [1.807, 2.05) is 20.8 Å². The first-order valence-electron chi connectivity index (χ1n) is 6.44. The highest BCUT2D eigenvalue weighted by Gasteiger charge is 2.50. The van der Waals surface area contributed by atoms with Gasteiger partial charge in [-0.3, -0.25) is 4.90 Å². The number of rotatable bonds is 1. The second kappa shape index (κ2) is 4.53. The molecule has 5 heteroatoms. The van der Waals surface area contributed by atoms with Crippen LogP contribution in [0.3, 0.4) is 0 Å². The van der Waals surface area contributed by atoms with Crippen molar-refractivity contribution in [3.63, 3.8) is 0 Å². The van der Waals surface area contributed by atoms with Crippen molar-refractivity contribution < 1.29 is 19.1 Å². The molecule has 0 radical (unpaired) electrons. The largest absolute Gasteiger partial charge is 0.444 e. The Morgan fingerprint density at radius 1 is 1.44 bits per heavy atom. The molecule has 2 rings (SSSR count). The Kier molecular flexibility index (Phi) is 3.36. The molecular formula is C13H21NO4. The van der Waals surface area contributed by atoms with Crippen LogP contribution in [0.4, 0.5) is 4.79 Å². The summed E-state index contributed by atoms with van der Waals surface area (Å²) in [4.78, 5) is 24.7. The van der Waals surface area contributed by atoms with Gasteiger partial charge in [-0.1, -0.05) is 0 Å². The number of hydrogen-bond donors (Lipinski definition) is 0. The van der Waals surface area contributed by atoms with Gasteiger partial charge in [0.1, 0.15) is 11.7 Å². The maximum atomic E-state index is 12.2. The van der Waals surface area contributed by atoms with Crippen LogP contribution < -0.4 is 0 Å². The highest BCUT2D eigenvalue weighted by molar-refractivity contribution is 5.71. The number of amides is 1. The molecule has 5 nitrogen and oxygen atoms in total. The third-order valence-electron chi connectivity index (χ3n) is 3.55. The lowest BCUT2D eigenvalue weighted by atomic mass is 9.75. The lowest BCUT2D eigenvalue weighted by molar-refractivity contribution is -0.148. The SMILES string of the molecule is CC(C)(C)OC(=O)N1CC(C=O)OCC12CCC2. The van der Waals surface area contributed by atoms with E-state index >= 15 is 0 Å². The van der Waals surface area contributed by atoms with Gasteiger partial charge in [0.15, 0.2) is 6.29 Å². The maximum absolute atomic E-state index is 12.2. The van der Waals surface area contributed by atoms with Crippen molar-refractivity contribution in [1.82, 2.24) is 4.90 Å². The topological polar surface area (TPSA) is 55.8 Å². The van der Waals surface area contributed by atoms with Crippen LogP contribution >= 0.6 is 0 Å². The summed E-state index contributed by atoms with van der Waals surface area (Å²) in [6.45, 7) is 6.27. The van der Waals surface area contributed by atoms with Crippen LogP contribution in [0, 0.1) is 0 Å². The second-order valence-electron chi connectivity index (χ2n) is 6.15. The van der Waals surface area contributed by atoms with Crippen molar-refractivity contribution in [2.75, 3.05) is 13.2 Å². The average molecular weight is 255 g/mol. The van der Waals surface area contributed by atoms with Gasteiger partial charge >= 0.3 is 6.09 Å². The first kappa shape index (κ1) is 13.3. The van der Waals surface area contributed by atoms with Crippen LogP contribution in [0.15, 0.2) is 0 Å². The van der Waals surface area contributed by atoms with Crippen LogP contribution in [0.2, 0.25) is 0 Å². The van der Waals surface area contributed by atoms with Crippen molar-refractivity contribution in [1.29, 1.82) is 0 Å². The van der Waals surface area contributed by atoms with E-state index in [2.05, 4.69) is 0 Å². The number of nitrogens with zero attached hydrogens (tertiary/aromatic N) is 1. The molecule has 2 aliphatic rings. The molecule has 0 N–H and O–H groups in total. The van der Waals surface area contributed by atoms with E-state index in [0.29, 0.717) is 13.2 Å². The molecule has 1 spiro atoms. The standard InChI is InChI=1S/C13H21NO4/c1-12(2,3)18-11(16)14-7-10(8-15)17-9-13(14)5-4-6-13/h8,10H,4-7,9H2,1-3H3. The Morgan fingerprint density at radius 3 is 2.56 bits per heavy atom. The predicted octanol–water partition coefficient (Wildman–Crippen LogP) is 1.74. The van der Waals surface area contributed by atoms with Gasteiger partial charge in [0.2, 0.25) is 0 Å². The van der Waals surface area contributed by atoms with Gasteiger partial charge in [-0.05, 0) is 40.0 Å². The van der Waals surface area contributed by atoms with Gasteiger partial charge in [0.05, 0.1) is 18.7 Å². The number of aldehydes is 1. The molecule has 1 amide bonds. The summed E-state index contributed by atoms with van der Waals surface area (Å²) in [5.74, 6) is 0. The van der Waals surface area contributed by atoms with Gasteiger partial charge in [-0.2, -0.15) is 0 Å². The lowest BCUT2D eigenvalue weighted by Crippen LogP contribution is -2.65. The van der Waals surface area contributed by atoms with Crippen molar-refractivity contribution in [2.45, 2.75) is 57.3 Å². The zero-order valence-corrected chi connectivity index (χ0v) is 11.3. The maximum Gasteiger partial charge on any atom is 0.410 e. The Labute approximate surface area is 107 Å². The van der Waals surface area contributed by atoms with Crippen molar-refractivity contribution in [3.8, 4) is 0 Å². The Hall–Kier alpha value is -1.10. The molecule has 0 aromatic heterocycles. The molecule has 0 bridgehead atoms. The highest BCUT2D eigenvalue weighted by Crippen LogP contribution is 2.41. The van der Waals surface area contributed by atoms with Crippen LogP contribution in [0.5, 0.6) is 0 Å². The molecule has 102 valence electrons. The minimum atomic E-state index is -0.524. The summed E-state index contributed by atoms with van der Waals surface area (Å²) < 4.78 is 10.9. The van der Waals surface area contributed by atoms with Gasteiger partial charge in [-0.15, -0.1) is 0 Å². The summed E-state index contributed by atoms with van der Waals surface area (Å²) in [5.41, 5.74) is -0.751. The first-order valence-corrected chi connectivity index (χ1v) is 6.44. The highest BCUT2D eigenvalue weighted by atomic mass is 16.6. The zero-order valence-electron chi connectivity index (χ0n) is 11.3. The predicted molar refractivity (Wildman–Crippen MR) is 65.3 cm³/mol. The molecule has 1 saturated carbocycles. The van der Waals surface area contributed by atoms with Crippen LogP contribution in [0.1, 0.15) is 40.0 Å². The molecule has 0 aromatic carbocycles. The summed E-state index contributed by atoms with van der Waals surface area (Å²) in [6.07, 6.45) is 2.84. The molecule has 1 atom stereocenters. The molecule has 1 aliphatic heterocycles. The molecule has 2 fully saturated rings. The first-order chi connectivity index (χ1) is 8.36. The monoisotopic (exact) mass is 255 g/mol. The summed E-state index contributed by atoms with van der Waals surface area (Å²) in [6, 6.07) is 0. The molecule has 0 aromatic rings. The summed E-state index contributed by atoms with van der Waals surface area (Å²) >= 11 is 0. The fourth-order valence-corrected chi connectivity index (χ4v) is 2.43. The Morgan fingerprint density at radius 2 is 2.11 bits per heavy atom. The van der Waals surface area contributed by atoms with E-state index in [1.165, 1.54) is 0 Å². The Balaban J connectivity index is 2.10. The third kappa shape index (κ3) is 2.51. The number of carbonyl (C=O) groups is 2. The average Bonchev–Trinajstić information content (AvgIpc) is 2.23. The third-order valence-corrected chi connectivity index (χ3v) is 3.55. The molecule has 18 heavy (non-hydrogen) atoms. The zero-order chi connectivity index (χ0) is 13.4. The van der Waals surface area contributed by atoms with Gasteiger partial charge in [-0.25, -0.2) is 4.79 Å². The fourth-order valence-electron chi connectivity index (χ4n) is 2.43. The van der Waals surface area contributed by atoms with Gasteiger partial charge < -0.3 is 14.3 Å². The van der Waals surface area contributed by atoms with Crippen molar-refractivity contribution in [2.24, 2.45) is 0 Å². The van der Waals surface area contributed by atoms with E-state index in [0.717, 1.165) is 25.5 Å². The number of carbonyl (C=O) groups excluding carboxylic acids is 2. The summed E-state index contributed by atoms with van der Waals surface area (Å²) in [7, 11) is 0. The fraction of sp³-hybridized carbons (Fsp3) is 0.846. The van der Waals surface area contributed by atoms with E-state index in [4.69, 9.17) is 9.47 Å². The minimum Gasteiger partial charge on any atom is -0.444 e. The van der Waals surface area contributed by atoms with E-state index in [-0.39, 0.29) is 11.6 Å². The quantitative estimate of drug-likeness (QED) is 0.670. The molecular weight excluding hydrogens is 234 g/mol. The lowest BCUT2D eigenvalue weighted by Gasteiger charge is -2.53. The molecule has 1 saturated heterocycles. The molecule has 1 unspecified atom stereocenters. The van der Waals surface area contributed by atoms with Gasteiger partial charge in [0.25, 0.3) is 0 Å². The summed E-state index contributed by atoms with van der Waals surface area (Å²) in [5, 5.41) is 0. The Bertz CT molecular complexity index is 343. The number of ether oxygens (including phenoxy) is 2. The van der Waals surface area contributed by atoms with Crippen molar-refractivity contribution >= 4 is 12.4 Å². The molecule has 1 aliphatic carbocycles. The van der Waals surface area contributed by atoms with Crippen LogP contribution in [-0.4, -0.2) is 47.7 Å². The van der Waals surface area contributed by atoms with E-state index in [9.17, 15) is 9.59 Å². The molecule has 1 heterocycles. The number of morpholine rings is 1. The van der Waals surface area contributed by atoms with Crippen LogP contribution in [-0.2, 0) is 14.3 Å². The minimum absolute atomic E-state index is 0.234. The normalized spacial score (nSPS) is 26.6.